The summed E-state index contributed by atoms with van der Waals surface area (Å²) in [5.41, 5.74) is 1.96. The SMILES string of the molecule is CCNCc1cn(-c2cccc3cnccc23)nn1. The van der Waals surface area contributed by atoms with Gasteiger partial charge >= 0.3 is 0 Å². The van der Waals surface area contributed by atoms with E-state index in [1.54, 1.807) is 6.20 Å². The van der Waals surface area contributed by atoms with Crippen molar-refractivity contribution in [3.05, 3.63) is 48.5 Å². The van der Waals surface area contributed by atoms with E-state index in [0.29, 0.717) is 0 Å². The molecule has 19 heavy (non-hydrogen) atoms. The van der Waals surface area contributed by atoms with E-state index >= 15 is 0 Å². The molecule has 1 aromatic carbocycles. The summed E-state index contributed by atoms with van der Waals surface area (Å²) in [6.45, 7) is 3.73. The smallest absolute Gasteiger partial charge is 0.0969 e. The molecule has 2 aromatic heterocycles. The zero-order valence-electron chi connectivity index (χ0n) is 10.7. The Balaban J connectivity index is 2.02. The van der Waals surface area contributed by atoms with Crippen molar-refractivity contribution in [1.82, 2.24) is 25.3 Å². The predicted octanol–water partition coefficient (Wildman–Crippen LogP) is 1.92. The highest BCUT2D eigenvalue weighted by Gasteiger charge is 2.06. The van der Waals surface area contributed by atoms with E-state index in [0.717, 1.165) is 35.2 Å². The van der Waals surface area contributed by atoms with Crippen LogP contribution in [0.5, 0.6) is 0 Å². The summed E-state index contributed by atoms with van der Waals surface area (Å²) in [4.78, 5) is 4.14. The highest BCUT2D eigenvalue weighted by Crippen LogP contribution is 2.20. The van der Waals surface area contributed by atoms with Crippen LogP contribution >= 0.6 is 0 Å². The predicted molar refractivity (Wildman–Crippen MR) is 74.0 cm³/mol. The Hall–Kier alpha value is -2.27. The fraction of sp³-hybridized carbons (Fsp3) is 0.214. The molecule has 0 atom stereocenters. The fourth-order valence-electron chi connectivity index (χ4n) is 2.06. The number of nitrogens with zero attached hydrogens (tertiary/aromatic N) is 4. The van der Waals surface area contributed by atoms with E-state index < -0.39 is 0 Å². The lowest BCUT2D eigenvalue weighted by Gasteiger charge is -2.04. The van der Waals surface area contributed by atoms with E-state index in [1.165, 1.54) is 0 Å². The Morgan fingerprint density at radius 1 is 1.26 bits per heavy atom. The number of pyridine rings is 1. The van der Waals surface area contributed by atoms with Crippen molar-refractivity contribution in [2.75, 3.05) is 6.54 Å². The molecule has 5 heteroatoms. The van der Waals surface area contributed by atoms with Crippen molar-refractivity contribution in [1.29, 1.82) is 0 Å². The molecule has 5 nitrogen and oxygen atoms in total. The molecule has 3 aromatic rings. The first kappa shape index (κ1) is 11.8. The van der Waals surface area contributed by atoms with Crippen LogP contribution in [-0.2, 0) is 6.54 Å². The fourth-order valence-corrected chi connectivity index (χ4v) is 2.06. The third kappa shape index (κ3) is 2.32. The first-order valence-electron chi connectivity index (χ1n) is 6.33. The van der Waals surface area contributed by atoms with Gasteiger partial charge in [-0.15, -0.1) is 5.10 Å². The highest BCUT2D eigenvalue weighted by molar-refractivity contribution is 5.89. The summed E-state index contributed by atoms with van der Waals surface area (Å²) in [7, 11) is 0. The lowest BCUT2D eigenvalue weighted by molar-refractivity contribution is 0.705. The Morgan fingerprint density at radius 2 is 2.21 bits per heavy atom. The number of nitrogens with one attached hydrogen (secondary N) is 1. The number of rotatable bonds is 4. The van der Waals surface area contributed by atoms with Gasteiger partial charge in [0, 0.05) is 29.7 Å². The lowest BCUT2D eigenvalue weighted by Crippen LogP contribution is -2.11. The minimum Gasteiger partial charge on any atom is -0.311 e. The van der Waals surface area contributed by atoms with Gasteiger partial charge in [-0.3, -0.25) is 4.98 Å². The molecular formula is C14H15N5. The molecule has 0 spiro atoms. The molecule has 3 rings (SSSR count). The van der Waals surface area contributed by atoms with Crippen LogP contribution in [0, 0.1) is 0 Å². The second-order valence-corrected chi connectivity index (χ2v) is 4.31. The third-order valence-electron chi connectivity index (χ3n) is 3.00. The number of fused-ring (bicyclic) bond motifs is 1. The van der Waals surface area contributed by atoms with Crippen LogP contribution in [0.25, 0.3) is 16.5 Å². The Kier molecular flexibility index (Phi) is 3.20. The largest absolute Gasteiger partial charge is 0.311 e. The molecule has 0 radical (unpaired) electrons. The minimum atomic E-state index is 0.739. The van der Waals surface area contributed by atoms with Crippen LogP contribution in [0.4, 0.5) is 0 Å². The Labute approximate surface area is 111 Å². The maximum atomic E-state index is 4.20. The number of hydrogen-bond donors (Lipinski definition) is 1. The van der Waals surface area contributed by atoms with Crippen LogP contribution in [0.1, 0.15) is 12.6 Å². The molecule has 0 saturated heterocycles. The zero-order valence-corrected chi connectivity index (χ0v) is 10.7. The second kappa shape index (κ2) is 5.16. The van der Waals surface area contributed by atoms with Gasteiger partial charge in [-0.2, -0.15) is 0 Å². The van der Waals surface area contributed by atoms with Gasteiger partial charge < -0.3 is 5.32 Å². The first-order chi connectivity index (χ1) is 9.38. The monoisotopic (exact) mass is 253 g/mol. The molecular weight excluding hydrogens is 238 g/mol. The molecule has 0 unspecified atom stereocenters. The van der Waals surface area contributed by atoms with Gasteiger partial charge in [0.2, 0.25) is 0 Å². The average molecular weight is 253 g/mol. The van der Waals surface area contributed by atoms with Gasteiger partial charge in [0.25, 0.3) is 0 Å². The summed E-state index contributed by atoms with van der Waals surface area (Å²) < 4.78 is 1.81. The van der Waals surface area contributed by atoms with E-state index in [9.17, 15) is 0 Å². The Bertz CT molecular complexity index is 684. The maximum absolute atomic E-state index is 4.20. The van der Waals surface area contributed by atoms with E-state index in [1.807, 2.05) is 41.3 Å². The van der Waals surface area contributed by atoms with Crippen molar-refractivity contribution in [2.45, 2.75) is 13.5 Å². The van der Waals surface area contributed by atoms with E-state index in [-0.39, 0.29) is 0 Å². The van der Waals surface area contributed by atoms with Crippen LogP contribution in [-0.4, -0.2) is 26.5 Å². The summed E-state index contributed by atoms with van der Waals surface area (Å²) in [5, 5.41) is 13.8. The van der Waals surface area contributed by atoms with Crippen molar-refractivity contribution in [3.8, 4) is 5.69 Å². The van der Waals surface area contributed by atoms with E-state index in [4.69, 9.17) is 0 Å². The van der Waals surface area contributed by atoms with Crippen molar-refractivity contribution >= 4 is 10.8 Å². The topological polar surface area (TPSA) is 55.6 Å². The number of hydrogen-bond acceptors (Lipinski definition) is 4. The minimum absolute atomic E-state index is 0.739. The van der Waals surface area contributed by atoms with Gasteiger partial charge in [0.05, 0.1) is 17.6 Å². The van der Waals surface area contributed by atoms with Gasteiger partial charge in [-0.25, -0.2) is 4.68 Å². The number of aromatic nitrogens is 4. The van der Waals surface area contributed by atoms with Gasteiger partial charge in [0.15, 0.2) is 0 Å². The molecule has 0 fully saturated rings. The van der Waals surface area contributed by atoms with Gasteiger partial charge in [0.1, 0.15) is 0 Å². The maximum Gasteiger partial charge on any atom is 0.0969 e. The normalized spacial score (nSPS) is 11.0. The second-order valence-electron chi connectivity index (χ2n) is 4.31. The first-order valence-corrected chi connectivity index (χ1v) is 6.33. The molecule has 1 N–H and O–H groups in total. The summed E-state index contributed by atoms with van der Waals surface area (Å²) in [6.07, 6.45) is 5.61. The van der Waals surface area contributed by atoms with Gasteiger partial charge in [-0.1, -0.05) is 24.3 Å². The third-order valence-corrected chi connectivity index (χ3v) is 3.00. The van der Waals surface area contributed by atoms with E-state index in [2.05, 4.69) is 27.5 Å². The van der Waals surface area contributed by atoms with Crippen LogP contribution in [0.2, 0.25) is 0 Å². The van der Waals surface area contributed by atoms with Crippen LogP contribution < -0.4 is 5.32 Å². The molecule has 0 amide bonds. The molecule has 0 aliphatic heterocycles. The average Bonchev–Trinajstić information content (AvgIpc) is 2.93. The molecule has 0 bridgehead atoms. The number of benzene rings is 1. The van der Waals surface area contributed by atoms with Gasteiger partial charge in [-0.05, 0) is 18.7 Å². The molecule has 2 heterocycles. The summed E-state index contributed by atoms with van der Waals surface area (Å²) >= 11 is 0. The Morgan fingerprint density at radius 3 is 3.11 bits per heavy atom. The van der Waals surface area contributed by atoms with Crippen LogP contribution in [0.15, 0.2) is 42.9 Å². The molecule has 0 aliphatic carbocycles. The highest BCUT2D eigenvalue weighted by atomic mass is 15.4. The lowest BCUT2D eigenvalue weighted by atomic mass is 10.1. The zero-order chi connectivity index (χ0) is 13.1. The van der Waals surface area contributed by atoms with Crippen molar-refractivity contribution in [2.24, 2.45) is 0 Å². The quantitative estimate of drug-likeness (QED) is 0.772. The van der Waals surface area contributed by atoms with Crippen LogP contribution in [0.3, 0.4) is 0 Å². The molecule has 0 aliphatic rings. The van der Waals surface area contributed by atoms with Crippen molar-refractivity contribution in [3.63, 3.8) is 0 Å². The van der Waals surface area contributed by atoms with Crippen molar-refractivity contribution < 1.29 is 0 Å². The summed E-state index contributed by atoms with van der Waals surface area (Å²) in [5.74, 6) is 0. The molecule has 96 valence electrons. The summed E-state index contributed by atoms with van der Waals surface area (Å²) in [6, 6.07) is 8.08. The molecule has 0 saturated carbocycles. The standard InChI is InChI=1S/C14H15N5/c1-2-15-9-12-10-19(18-17-12)14-5-3-4-11-8-16-7-6-13(11)14/h3-8,10,15H,2,9H2,1H3.